The highest BCUT2D eigenvalue weighted by Gasteiger charge is 2.69. The van der Waals surface area contributed by atoms with Crippen molar-refractivity contribution in [1.29, 1.82) is 0 Å². The fourth-order valence-corrected chi connectivity index (χ4v) is 4.23. The monoisotopic (exact) mass is 408 g/mol. The molecule has 142 valence electrons. The van der Waals surface area contributed by atoms with Gasteiger partial charge in [0.15, 0.2) is 6.61 Å². The lowest BCUT2D eigenvalue weighted by Gasteiger charge is -2.70. The molecule has 7 nitrogen and oxygen atoms in total. The molecule has 3 fully saturated rings. The maximum absolute atomic E-state index is 12.2. The third-order valence-electron chi connectivity index (χ3n) is 5.02. The summed E-state index contributed by atoms with van der Waals surface area (Å²) in [6, 6.07) is 6.52. The first-order valence-electron chi connectivity index (χ1n) is 8.49. The van der Waals surface area contributed by atoms with Crippen LogP contribution in [0.3, 0.4) is 0 Å². The van der Waals surface area contributed by atoms with E-state index in [4.69, 9.17) is 27.9 Å². The van der Waals surface area contributed by atoms with E-state index in [0.717, 1.165) is 19.3 Å². The van der Waals surface area contributed by atoms with E-state index in [9.17, 15) is 9.59 Å². The third kappa shape index (κ3) is 3.49. The normalized spacial score (nSPS) is 25.1. The predicted octanol–water partition coefficient (Wildman–Crippen LogP) is 2.33. The molecule has 1 heterocycles. The van der Waals surface area contributed by atoms with E-state index in [1.54, 1.807) is 42.2 Å². The molecule has 3 aliphatic rings. The Kier molecular flexibility index (Phi) is 4.31. The molecule has 0 unspecified atom stereocenters. The Morgan fingerprint density at radius 3 is 2.48 bits per heavy atom. The van der Waals surface area contributed by atoms with Crippen LogP contribution in [0.4, 0.5) is 0 Å². The van der Waals surface area contributed by atoms with Gasteiger partial charge < -0.3 is 15.4 Å². The summed E-state index contributed by atoms with van der Waals surface area (Å²) in [5, 5.41) is 10.9. The van der Waals surface area contributed by atoms with Crippen LogP contribution in [0, 0.1) is 0 Å². The molecule has 0 aliphatic heterocycles. The number of nitrogens with zero attached hydrogens (tertiary/aromatic N) is 2. The summed E-state index contributed by atoms with van der Waals surface area (Å²) >= 11 is 11.8. The molecule has 9 heteroatoms. The Hall–Kier alpha value is -2.25. The molecule has 1 aromatic heterocycles. The summed E-state index contributed by atoms with van der Waals surface area (Å²) in [7, 11) is 1.77. The van der Waals surface area contributed by atoms with Gasteiger partial charge in [0.1, 0.15) is 11.4 Å². The average Bonchev–Trinajstić information content (AvgIpc) is 2.99. The van der Waals surface area contributed by atoms with Crippen LogP contribution in [0.1, 0.15) is 29.8 Å². The number of hydrogen-bond donors (Lipinski definition) is 2. The van der Waals surface area contributed by atoms with Gasteiger partial charge in [-0.15, -0.1) is 0 Å². The second-order valence-electron chi connectivity index (χ2n) is 7.33. The summed E-state index contributed by atoms with van der Waals surface area (Å²) in [5.74, 6) is 0.0971. The molecule has 27 heavy (non-hydrogen) atoms. The van der Waals surface area contributed by atoms with Gasteiger partial charge in [-0.25, -0.2) is 0 Å². The quantitative estimate of drug-likeness (QED) is 0.767. The van der Waals surface area contributed by atoms with Crippen molar-refractivity contribution in [2.45, 2.75) is 30.3 Å². The lowest BCUT2D eigenvalue weighted by atomic mass is 9.44. The topological polar surface area (TPSA) is 85.2 Å². The van der Waals surface area contributed by atoms with Crippen molar-refractivity contribution in [3.05, 3.63) is 46.2 Å². The Balaban J connectivity index is 1.23. The van der Waals surface area contributed by atoms with Gasteiger partial charge in [0, 0.05) is 30.4 Å². The number of aryl methyl sites for hydroxylation is 1. The van der Waals surface area contributed by atoms with E-state index in [0.29, 0.717) is 21.5 Å². The fraction of sp³-hybridized carbons (Fsp3) is 0.389. The summed E-state index contributed by atoms with van der Waals surface area (Å²) in [6.07, 6.45) is 3.89. The summed E-state index contributed by atoms with van der Waals surface area (Å²) in [5.41, 5.74) is -0.0719. The molecule has 3 aliphatic carbocycles. The Bertz CT molecular complexity index is 907. The number of carbonyl (C=O) groups excluding carboxylic acids is 2. The van der Waals surface area contributed by atoms with Gasteiger partial charge in [-0.1, -0.05) is 23.2 Å². The van der Waals surface area contributed by atoms with Gasteiger partial charge in [-0.05, 0) is 37.5 Å². The minimum absolute atomic E-state index is 0.104. The number of halogens is 2. The van der Waals surface area contributed by atoms with Crippen LogP contribution in [-0.2, 0) is 11.8 Å². The first-order valence-corrected chi connectivity index (χ1v) is 9.25. The van der Waals surface area contributed by atoms with Gasteiger partial charge in [-0.3, -0.25) is 14.3 Å². The highest BCUT2D eigenvalue weighted by Crippen LogP contribution is 2.60. The van der Waals surface area contributed by atoms with Crippen molar-refractivity contribution in [3.63, 3.8) is 0 Å². The van der Waals surface area contributed by atoms with Crippen molar-refractivity contribution in [2.24, 2.45) is 7.05 Å². The van der Waals surface area contributed by atoms with Crippen LogP contribution < -0.4 is 15.4 Å². The van der Waals surface area contributed by atoms with Gasteiger partial charge in [-0.2, -0.15) is 5.10 Å². The Morgan fingerprint density at radius 2 is 1.85 bits per heavy atom. The first-order chi connectivity index (χ1) is 12.8. The van der Waals surface area contributed by atoms with Gasteiger partial charge in [0.05, 0.1) is 10.0 Å². The zero-order chi connectivity index (χ0) is 19.2. The van der Waals surface area contributed by atoms with Gasteiger partial charge in [0.25, 0.3) is 11.8 Å². The zero-order valence-electron chi connectivity index (χ0n) is 14.6. The predicted molar refractivity (Wildman–Crippen MR) is 100 cm³/mol. The molecular weight excluding hydrogens is 391 g/mol. The van der Waals surface area contributed by atoms with Crippen LogP contribution in [0.2, 0.25) is 10.0 Å². The van der Waals surface area contributed by atoms with E-state index >= 15 is 0 Å². The fourth-order valence-electron chi connectivity index (χ4n) is 3.94. The molecule has 0 atom stereocenters. The number of hydrogen-bond acceptors (Lipinski definition) is 4. The van der Waals surface area contributed by atoms with Gasteiger partial charge in [0.2, 0.25) is 0 Å². The summed E-state index contributed by atoms with van der Waals surface area (Å²) < 4.78 is 7.04. The maximum Gasteiger partial charge on any atom is 0.272 e. The SMILES string of the molecule is Cn1ccc(C(=O)NC23CC(NC(=O)COc4ccc(Cl)c(Cl)c4)(C2)C3)n1. The van der Waals surface area contributed by atoms with E-state index < -0.39 is 0 Å². The third-order valence-corrected chi connectivity index (χ3v) is 5.76. The van der Waals surface area contributed by atoms with Crippen molar-refractivity contribution in [3.8, 4) is 5.75 Å². The molecule has 2 N–H and O–H groups in total. The molecule has 0 spiro atoms. The summed E-state index contributed by atoms with van der Waals surface area (Å²) in [6.45, 7) is -0.104. The van der Waals surface area contributed by atoms with E-state index in [2.05, 4.69) is 15.7 Å². The molecule has 2 amide bonds. The smallest absolute Gasteiger partial charge is 0.272 e. The second kappa shape index (κ2) is 6.42. The minimum atomic E-state index is -0.241. The molecule has 2 bridgehead atoms. The van der Waals surface area contributed by atoms with Crippen LogP contribution in [-0.4, -0.2) is 39.3 Å². The summed E-state index contributed by atoms with van der Waals surface area (Å²) in [4.78, 5) is 24.4. The average molecular weight is 409 g/mol. The number of nitrogens with one attached hydrogen (secondary N) is 2. The number of carbonyl (C=O) groups is 2. The van der Waals surface area contributed by atoms with Crippen molar-refractivity contribution < 1.29 is 14.3 Å². The van der Waals surface area contributed by atoms with Crippen LogP contribution >= 0.6 is 23.2 Å². The lowest BCUT2D eigenvalue weighted by Crippen LogP contribution is -2.84. The highest BCUT2D eigenvalue weighted by atomic mass is 35.5. The largest absolute Gasteiger partial charge is 0.484 e. The van der Waals surface area contributed by atoms with Gasteiger partial charge >= 0.3 is 0 Å². The standard InChI is InChI=1S/C18H18Cl2N4O3/c1-24-5-4-14(23-24)16(26)22-18-8-17(9-18,10-18)21-15(25)7-27-11-2-3-12(19)13(20)6-11/h2-6H,7-10H2,1H3,(H,21,25)(H,22,26). The van der Waals surface area contributed by atoms with E-state index in [-0.39, 0.29) is 29.5 Å². The molecule has 5 rings (SSSR count). The zero-order valence-corrected chi connectivity index (χ0v) is 16.1. The van der Waals surface area contributed by atoms with Crippen LogP contribution in [0.25, 0.3) is 0 Å². The number of aromatic nitrogens is 2. The second-order valence-corrected chi connectivity index (χ2v) is 8.15. The van der Waals surface area contributed by atoms with Crippen LogP contribution in [0.15, 0.2) is 30.5 Å². The molecular formula is C18H18Cl2N4O3. The first kappa shape index (κ1) is 18.1. The Labute approximate surface area is 166 Å². The molecule has 3 saturated carbocycles. The van der Waals surface area contributed by atoms with Crippen LogP contribution in [0.5, 0.6) is 5.75 Å². The van der Waals surface area contributed by atoms with Crippen molar-refractivity contribution >= 4 is 35.0 Å². The number of amides is 2. The Morgan fingerprint density at radius 1 is 1.15 bits per heavy atom. The lowest BCUT2D eigenvalue weighted by molar-refractivity contribution is -0.141. The maximum atomic E-state index is 12.2. The molecule has 0 saturated heterocycles. The van der Waals surface area contributed by atoms with E-state index in [1.807, 2.05) is 0 Å². The van der Waals surface area contributed by atoms with Crippen molar-refractivity contribution in [1.82, 2.24) is 20.4 Å². The highest BCUT2D eigenvalue weighted by molar-refractivity contribution is 6.42. The number of ether oxygens (including phenoxy) is 1. The van der Waals surface area contributed by atoms with Crippen molar-refractivity contribution in [2.75, 3.05) is 6.61 Å². The molecule has 0 radical (unpaired) electrons. The minimum Gasteiger partial charge on any atom is -0.484 e. The molecule has 2 aromatic rings. The molecule has 1 aromatic carbocycles. The number of rotatable bonds is 6. The van der Waals surface area contributed by atoms with E-state index in [1.165, 1.54) is 0 Å². The number of benzene rings is 1.